The van der Waals surface area contributed by atoms with Crippen molar-refractivity contribution in [2.24, 2.45) is 0 Å². The van der Waals surface area contributed by atoms with E-state index in [0.29, 0.717) is 0 Å². The molecule has 2 aromatic heterocycles. The molecule has 11 aromatic rings. The summed E-state index contributed by atoms with van der Waals surface area (Å²) in [5.41, 5.74) is 12.6. The van der Waals surface area contributed by atoms with Gasteiger partial charge in [0, 0.05) is 38.0 Å². The molecule has 0 saturated carbocycles. The molecule has 0 radical (unpaired) electrons. The lowest BCUT2D eigenvalue weighted by Crippen LogP contribution is -2.15. The van der Waals surface area contributed by atoms with Gasteiger partial charge in [-0.1, -0.05) is 141 Å². The number of aromatic nitrogens is 2. The Hall–Kier alpha value is -6.64. The van der Waals surface area contributed by atoms with Gasteiger partial charge in [-0.15, -0.1) is 0 Å². The first-order valence-corrected chi connectivity index (χ1v) is 18.6. The van der Waals surface area contributed by atoms with E-state index in [2.05, 4.69) is 193 Å². The van der Waals surface area contributed by atoms with Gasteiger partial charge in [-0.3, -0.25) is 0 Å². The number of benzene rings is 9. The predicted octanol–water partition coefficient (Wildman–Crippen LogP) is 13.6. The summed E-state index contributed by atoms with van der Waals surface area (Å²) in [5.74, 6) is 0. The topological polar surface area (TPSA) is 9.86 Å². The van der Waals surface area contributed by atoms with E-state index in [-0.39, 0.29) is 5.41 Å². The summed E-state index contributed by atoms with van der Waals surface area (Å²) in [4.78, 5) is 0. The first-order chi connectivity index (χ1) is 26.1. The molecule has 12 rings (SSSR count). The SMILES string of the molecule is CC1(C)c2ccccc2-c2cc3c4ccccc4n(-c4cc(-n5c6ccccc6c6ccccc65)c5c6ccccc6c6ccccc6c5c4)c3cc21. The second-order valence-electron chi connectivity index (χ2n) is 15.3. The van der Waals surface area contributed by atoms with Crippen molar-refractivity contribution in [1.82, 2.24) is 9.13 Å². The van der Waals surface area contributed by atoms with Gasteiger partial charge >= 0.3 is 0 Å². The molecule has 0 bridgehead atoms. The van der Waals surface area contributed by atoms with Gasteiger partial charge in [0.1, 0.15) is 0 Å². The highest BCUT2D eigenvalue weighted by Crippen LogP contribution is 2.51. The maximum Gasteiger partial charge on any atom is 0.0567 e. The molecule has 1 aliphatic rings. The Morgan fingerprint density at radius 3 is 1.49 bits per heavy atom. The normalized spacial score (nSPS) is 13.6. The van der Waals surface area contributed by atoms with E-state index in [9.17, 15) is 0 Å². The summed E-state index contributed by atoms with van der Waals surface area (Å²) in [5, 5.41) is 12.7. The summed E-state index contributed by atoms with van der Waals surface area (Å²) < 4.78 is 5.05. The molecule has 0 spiro atoms. The monoisotopic (exact) mass is 674 g/mol. The molecule has 0 amide bonds. The number of hydrogen-bond acceptors (Lipinski definition) is 0. The van der Waals surface area contributed by atoms with Crippen LogP contribution in [0.3, 0.4) is 0 Å². The van der Waals surface area contributed by atoms with Gasteiger partial charge in [0.05, 0.1) is 27.8 Å². The molecule has 2 heteroatoms. The van der Waals surface area contributed by atoms with Gasteiger partial charge in [0.2, 0.25) is 0 Å². The van der Waals surface area contributed by atoms with Crippen LogP contribution in [0.25, 0.3) is 98.4 Å². The number of rotatable bonds is 2. The highest BCUT2D eigenvalue weighted by molar-refractivity contribution is 6.28. The van der Waals surface area contributed by atoms with Crippen LogP contribution in [-0.4, -0.2) is 9.13 Å². The molecule has 248 valence electrons. The van der Waals surface area contributed by atoms with Gasteiger partial charge in [-0.2, -0.15) is 0 Å². The largest absolute Gasteiger partial charge is 0.309 e. The Kier molecular flexibility index (Phi) is 5.60. The molecule has 0 saturated heterocycles. The maximum atomic E-state index is 2.53. The summed E-state index contributed by atoms with van der Waals surface area (Å²) in [6.07, 6.45) is 0. The van der Waals surface area contributed by atoms with Crippen LogP contribution in [0.4, 0.5) is 0 Å². The van der Waals surface area contributed by atoms with Gasteiger partial charge in [-0.05, 0) is 91.6 Å². The third kappa shape index (κ3) is 3.72. The fourth-order valence-corrected chi connectivity index (χ4v) is 9.93. The van der Waals surface area contributed by atoms with E-state index >= 15 is 0 Å². The first kappa shape index (κ1) is 29.0. The lowest BCUT2D eigenvalue weighted by molar-refractivity contribution is 0.661. The van der Waals surface area contributed by atoms with Crippen molar-refractivity contribution < 1.29 is 0 Å². The first-order valence-electron chi connectivity index (χ1n) is 18.6. The maximum absolute atomic E-state index is 2.53. The van der Waals surface area contributed by atoms with E-state index in [4.69, 9.17) is 0 Å². The predicted molar refractivity (Wildman–Crippen MR) is 225 cm³/mol. The van der Waals surface area contributed by atoms with Crippen LogP contribution >= 0.6 is 0 Å². The zero-order valence-corrected chi connectivity index (χ0v) is 29.6. The van der Waals surface area contributed by atoms with E-state index in [1.165, 1.54) is 104 Å². The van der Waals surface area contributed by atoms with Gasteiger partial charge in [-0.25, -0.2) is 0 Å². The summed E-state index contributed by atoms with van der Waals surface area (Å²) in [6.45, 7) is 4.76. The number of fused-ring (bicyclic) bond motifs is 15. The van der Waals surface area contributed by atoms with Crippen LogP contribution in [0.2, 0.25) is 0 Å². The third-order valence-electron chi connectivity index (χ3n) is 12.3. The molecule has 0 N–H and O–H groups in total. The molecule has 2 nitrogen and oxygen atoms in total. The second-order valence-corrected chi connectivity index (χ2v) is 15.3. The summed E-state index contributed by atoms with van der Waals surface area (Å²) >= 11 is 0. The number of nitrogens with zero attached hydrogens (tertiary/aromatic N) is 2. The lowest BCUT2D eigenvalue weighted by Gasteiger charge is -2.22. The van der Waals surface area contributed by atoms with Gasteiger partial charge in [0.25, 0.3) is 0 Å². The minimum atomic E-state index is -0.103. The van der Waals surface area contributed by atoms with E-state index in [1.54, 1.807) is 0 Å². The van der Waals surface area contributed by atoms with Crippen LogP contribution < -0.4 is 0 Å². The smallest absolute Gasteiger partial charge is 0.0567 e. The van der Waals surface area contributed by atoms with Gasteiger partial charge < -0.3 is 9.13 Å². The second kappa shape index (κ2) is 10.2. The van der Waals surface area contributed by atoms with Crippen molar-refractivity contribution in [3.63, 3.8) is 0 Å². The van der Waals surface area contributed by atoms with Crippen LogP contribution in [0.5, 0.6) is 0 Å². The van der Waals surface area contributed by atoms with Crippen molar-refractivity contribution in [3.8, 4) is 22.5 Å². The fraction of sp³-hybridized carbons (Fsp3) is 0.0588. The molecule has 0 unspecified atom stereocenters. The van der Waals surface area contributed by atoms with Crippen LogP contribution in [0.15, 0.2) is 170 Å². The number of para-hydroxylation sites is 3. The van der Waals surface area contributed by atoms with Crippen molar-refractivity contribution in [2.45, 2.75) is 19.3 Å². The molecule has 1 aliphatic carbocycles. The summed E-state index contributed by atoms with van der Waals surface area (Å²) in [7, 11) is 0. The third-order valence-corrected chi connectivity index (χ3v) is 12.3. The molecular weight excluding hydrogens is 641 g/mol. The zero-order chi connectivity index (χ0) is 35.0. The van der Waals surface area contributed by atoms with E-state index < -0.39 is 0 Å². The van der Waals surface area contributed by atoms with Crippen LogP contribution in [0, 0.1) is 0 Å². The van der Waals surface area contributed by atoms with E-state index in [0.717, 1.165) is 5.69 Å². The molecule has 0 aliphatic heterocycles. The average Bonchev–Trinajstić information content (AvgIpc) is 3.80. The fourth-order valence-electron chi connectivity index (χ4n) is 9.93. The average molecular weight is 675 g/mol. The Labute approximate surface area is 306 Å². The zero-order valence-electron chi connectivity index (χ0n) is 29.6. The Bertz CT molecular complexity index is 3320. The quantitative estimate of drug-likeness (QED) is 0.162. The Balaban J connectivity index is 1.29. The number of hydrogen-bond donors (Lipinski definition) is 0. The Morgan fingerprint density at radius 1 is 0.340 bits per heavy atom. The standard InChI is InChI=1S/C51H34N2/c1-51(2)43-23-11-7-18-35(43)40-29-41-38-21-10-12-24-45(38)52(48(41)30-44(40)51)31-27-42-34-17-4-3-15-32(34)33-16-5-6-22-39(33)50(42)49(28-31)53-46-25-13-8-19-36(46)37-20-9-14-26-47(37)53/h3-30H,1-2H3. The molecule has 2 heterocycles. The molecule has 9 aromatic carbocycles. The van der Waals surface area contributed by atoms with Crippen molar-refractivity contribution in [1.29, 1.82) is 0 Å². The molecule has 0 atom stereocenters. The molecule has 53 heavy (non-hydrogen) atoms. The van der Waals surface area contributed by atoms with Crippen molar-refractivity contribution in [2.75, 3.05) is 0 Å². The minimum absolute atomic E-state index is 0.103. The van der Waals surface area contributed by atoms with Crippen molar-refractivity contribution >= 4 is 75.9 Å². The van der Waals surface area contributed by atoms with E-state index in [1.807, 2.05) is 0 Å². The summed E-state index contributed by atoms with van der Waals surface area (Å²) in [6, 6.07) is 63.5. The minimum Gasteiger partial charge on any atom is -0.309 e. The van der Waals surface area contributed by atoms with Crippen LogP contribution in [0.1, 0.15) is 25.0 Å². The highest BCUT2D eigenvalue weighted by Gasteiger charge is 2.36. The van der Waals surface area contributed by atoms with Gasteiger partial charge in [0.15, 0.2) is 0 Å². The lowest BCUT2D eigenvalue weighted by atomic mass is 9.82. The van der Waals surface area contributed by atoms with Crippen LogP contribution in [-0.2, 0) is 5.41 Å². The Morgan fingerprint density at radius 2 is 0.830 bits per heavy atom. The highest BCUT2D eigenvalue weighted by atomic mass is 15.0. The molecular formula is C51H34N2. The van der Waals surface area contributed by atoms with Crippen molar-refractivity contribution in [3.05, 3.63) is 181 Å². The molecule has 0 fully saturated rings.